The molecule has 3 nitrogen and oxygen atoms in total. The Hall–Kier alpha value is -0.290. The molecule has 2 rings (SSSR count). The number of halogens is 2. The van der Waals surface area contributed by atoms with E-state index in [2.05, 4.69) is 28.2 Å². The number of methoxy groups -OCH3 is 1. The van der Waals surface area contributed by atoms with Crippen molar-refractivity contribution in [3.63, 3.8) is 0 Å². The van der Waals surface area contributed by atoms with Gasteiger partial charge in [-0.2, -0.15) is 0 Å². The van der Waals surface area contributed by atoms with Gasteiger partial charge in [0.15, 0.2) is 0 Å². The van der Waals surface area contributed by atoms with Crippen LogP contribution in [0.15, 0.2) is 16.6 Å². The minimum atomic E-state index is 0.113. The maximum atomic E-state index is 6.21. The molecule has 1 aromatic rings. The van der Waals surface area contributed by atoms with Crippen molar-refractivity contribution in [2.45, 2.75) is 38.3 Å². The Morgan fingerprint density at radius 1 is 1.55 bits per heavy atom. The third-order valence-electron chi connectivity index (χ3n) is 3.53. The number of hydrogen-bond acceptors (Lipinski definition) is 3. The van der Waals surface area contributed by atoms with E-state index >= 15 is 0 Å². The summed E-state index contributed by atoms with van der Waals surface area (Å²) in [6, 6.07) is 3.94. The molecule has 0 bridgehead atoms. The van der Waals surface area contributed by atoms with Crippen LogP contribution in [0.5, 0.6) is 5.75 Å². The van der Waals surface area contributed by atoms with E-state index in [0.717, 1.165) is 48.2 Å². The highest BCUT2D eigenvalue weighted by molar-refractivity contribution is 9.10. The van der Waals surface area contributed by atoms with Crippen molar-refractivity contribution in [3.05, 3.63) is 27.2 Å². The highest BCUT2D eigenvalue weighted by Gasteiger charge is 2.30. The first-order valence-electron chi connectivity index (χ1n) is 7.05. The number of hydrogen-bond donors (Lipinski definition) is 1. The number of ether oxygens (including phenoxy) is 2. The molecule has 1 N–H and O–H groups in total. The molecule has 1 heterocycles. The molecule has 2 unspecified atom stereocenters. The molecule has 1 saturated heterocycles. The highest BCUT2D eigenvalue weighted by Crippen LogP contribution is 2.39. The summed E-state index contributed by atoms with van der Waals surface area (Å²) >= 11 is 9.73. The van der Waals surface area contributed by atoms with Crippen LogP contribution in [0.4, 0.5) is 0 Å². The van der Waals surface area contributed by atoms with Gasteiger partial charge in [0, 0.05) is 17.2 Å². The van der Waals surface area contributed by atoms with Crippen molar-refractivity contribution in [2.24, 2.45) is 0 Å². The van der Waals surface area contributed by atoms with Gasteiger partial charge in [0.05, 0.1) is 23.7 Å². The lowest BCUT2D eigenvalue weighted by Gasteiger charge is -2.27. The first kappa shape index (κ1) is 16.1. The minimum absolute atomic E-state index is 0.113. The summed E-state index contributed by atoms with van der Waals surface area (Å²) < 4.78 is 12.3. The third kappa shape index (κ3) is 3.67. The molecular weight excluding hydrogens is 342 g/mol. The molecule has 112 valence electrons. The summed E-state index contributed by atoms with van der Waals surface area (Å²) in [6.45, 7) is 3.93. The van der Waals surface area contributed by atoms with Crippen molar-refractivity contribution < 1.29 is 9.47 Å². The van der Waals surface area contributed by atoms with Gasteiger partial charge >= 0.3 is 0 Å². The summed E-state index contributed by atoms with van der Waals surface area (Å²) in [6.07, 6.45) is 3.43. The van der Waals surface area contributed by atoms with E-state index < -0.39 is 0 Å². The topological polar surface area (TPSA) is 30.5 Å². The first-order valence-corrected chi connectivity index (χ1v) is 8.22. The summed E-state index contributed by atoms with van der Waals surface area (Å²) in [7, 11) is 1.68. The molecule has 1 aromatic carbocycles. The van der Waals surface area contributed by atoms with E-state index in [1.807, 2.05) is 12.1 Å². The Kier molecular flexibility index (Phi) is 6.15. The maximum Gasteiger partial charge on any atom is 0.138 e. The van der Waals surface area contributed by atoms with Crippen molar-refractivity contribution in [1.82, 2.24) is 5.32 Å². The summed E-state index contributed by atoms with van der Waals surface area (Å²) in [5, 5.41) is 4.28. The molecule has 0 saturated carbocycles. The Bertz CT molecular complexity index is 450. The SMILES string of the molecule is CCCNC(c1cc(Cl)cc(Br)c1OC)C1CCCO1. The molecule has 20 heavy (non-hydrogen) atoms. The molecule has 5 heteroatoms. The van der Waals surface area contributed by atoms with E-state index in [4.69, 9.17) is 21.1 Å². The number of nitrogens with one attached hydrogen (secondary N) is 1. The standard InChI is InChI=1S/C15H21BrClNO2/c1-3-6-18-14(13-5-4-7-20-13)11-8-10(17)9-12(16)15(11)19-2/h8-9,13-14,18H,3-7H2,1-2H3. The van der Waals surface area contributed by atoms with E-state index in [1.54, 1.807) is 7.11 Å². The van der Waals surface area contributed by atoms with E-state index in [1.165, 1.54) is 0 Å². The highest BCUT2D eigenvalue weighted by atomic mass is 79.9. The van der Waals surface area contributed by atoms with Gasteiger partial charge in [-0.1, -0.05) is 18.5 Å². The average Bonchev–Trinajstić information content (AvgIpc) is 2.92. The van der Waals surface area contributed by atoms with E-state index in [9.17, 15) is 0 Å². The normalized spacial score (nSPS) is 20.1. The van der Waals surface area contributed by atoms with Gasteiger partial charge in [-0.3, -0.25) is 0 Å². The van der Waals surface area contributed by atoms with E-state index in [-0.39, 0.29) is 12.1 Å². The average molecular weight is 363 g/mol. The maximum absolute atomic E-state index is 6.21. The molecule has 0 aliphatic carbocycles. The van der Waals surface area contributed by atoms with Crippen molar-refractivity contribution in [1.29, 1.82) is 0 Å². The second kappa shape index (κ2) is 7.64. The van der Waals surface area contributed by atoms with Crippen LogP contribution in [0.1, 0.15) is 37.8 Å². The molecular formula is C15H21BrClNO2. The van der Waals surface area contributed by atoms with Crippen LogP contribution >= 0.6 is 27.5 Å². The van der Waals surface area contributed by atoms with Crippen LogP contribution in [0, 0.1) is 0 Å². The lowest BCUT2D eigenvalue weighted by molar-refractivity contribution is 0.0774. The fourth-order valence-corrected chi connectivity index (χ4v) is 3.63. The van der Waals surface area contributed by atoms with E-state index in [0.29, 0.717) is 5.02 Å². The molecule has 2 atom stereocenters. The first-order chi connectivity index (χ1) is 9.67. The zero-order chi connectivity index (χ0) is 14.5. The van der Waals surface area contributed by atoms with Gasteiger partial charge in [-0.25, -0.2) is 0 Å². The minimum Gasteiger partial charge on any atom is -0.495 e. The predicted molar refractivity (Wildman–Crippen MR) is 85.7 cm³/mol. The zero-order valence-electron chi connectivity index (χ0n) is 11.9. The molecule has 0 amide bonds. The van der Waals surface area contributed by atoms with Gasteiger partial charge in [0.25, 0.3) is 0 Å². The van der Waals surface area contributed by atoms with Gasteiger partial charge < -0.3 is 14.8 Å². The molecule has 1 fully saturated rings. The summed E-state index contributed by atoms with van der Waals surface area (Å²) in [5.41, 5.74) is 1.06. The molecule has 0 aromatic heterocycles. The van der Waals surface area contributed by atoms with Crippen molar-refractivity contribution in [2.75, 3.05) is 20.3 Å². The fourth-order valence-electron chi connectivity index (χ4n) is 2.63. The van der Waals surface area contributed by atoms with Crippen LogP contribution in [0.3, 0.4) is 0 Å². The number of benzene rings is 1. The Morgan fingerprint density at radius 2 is 2.35 bits per heavy atom. The fraction of sp³-hybridized carbons (Fsp3) is 0.600. The van der Waals surface area contributed by atoms with Gasteiger partial charge in [-0.05, 0) is 53.9 Å². The van der Waals surface area contributed by atoms with Crippen LogP contribution in [-0.4, -0.2) is 26.4 Å². The number of rotatable bonds is 6. The van der Waals surface area contributed by atoms with Gasteiger partial charge in [0.1, 0.15) is 5.75 Å². The van der Waals surface area contributed by atoms with Crippen LogP contribution in [0.2, 0.25) is 5.02 Å². The van der Waals surface area contributed by atoms with Crippen LogP contribution < -0.4 is 10.1 Å². The van der Waals surface area contributed by atoms with Crippen LogP contribution in [-0.2, 0) is 4.74 Å². The van der Waals surface area contributed by atoms with Crippen molar-refractivity contribution >= 4 is 27.5 Å². The van der Waals surface area contributed by atoms with Crippen LogP contribution in [0.25, 0.3) is 0 Å². The monoisotopic (exact) mass is 361 g/mol. The lowest BCUT2D eigenvalue weighted by Crippen LogP contribution is -2.32. The largest absolute Gasteiger partial charge is 0.495 e. The molecule has 0 spiro atoms. The third-order valence-corrected chi connectivity index (χ3v) is 4.33. The second-order valence-corrected chi connectivity index (χ2v) is 6.28. The molecule has 1 aliphatic rings. The van der Waals surface area contributed by atoms with Crippen molar-refractivity contribution in [3.8, 4) is 5.75 Å². The predicted octanol–water partition coefficient (Wildman–Crippen LogP) is 4.33. The Labute approximate surface area is 134 Å². The van der Waals surface area contributed by atoms with Gasteiger partial charge in [0.2, 0.25) is 0 Å². The lowest BCUT2D eigenvalue weighted by atomic mass is 9.98. The zero-order valence-corrected chi connectivity index (χ0v) is 14.3. The summed E-state index contributed by atoms with van der Waals surface area (Å²) in [5.74, 6) is 0.832. The Balaban J connectivity index is 2.35. The Morgan fingerprint density at radius 3 is 2.95 bits per heavy atom. The summed E-state index contributed by atoms with van der Waals surface area (Å²) in [4.78, 5) is 0. The quantitative estimate of drug-likeness (QED) is 0.817. The smallest absolute Gasteiger partial charge is 0.138 e. The molecule has 1 aliphatic heterocycles. The second-order valence-electron chi connectivity index (χ2n) is 4.99. The molecule has 0 radical (unpaired) electrons. The van der Waals surface area contributed by atoms with Gasteiger partial charge in [-0.15, -0.1) is 0 Å².